The number of hydrogen-bond acceptors (Lipinski definition) is 2. The third kappa shape index (κ3) is 1.59. The number of nitrogens with zero attached hydrogens (tertiary/aromatic N) is 2. The molecule has 1 aromatic rings. The minimum absolute atomic E-state index is 0.562. The van der Waals surface area contributed by atoms with Crippen molar-refractivity contribution in [3.8, 4) is 0 Å². The molecule has 0 fully saturated rings. The van der Waals surface area contributed by atoms with Crippen LogP contribution in [0.15, 0.2) is 23.1 Å². The van der Waals surface area contributed by atoms with Crippen LogP contribution in [0.2, 0.25) is 0 Å². The summed E-state index contributed by atoms with van der Waals surface area (Å²) in [6.07, 6.45) is -5.17. The van der Waals surface area contributed by atoms with E-state index in [1.807, 2.05) is 0 Å². The van der Waals surface area contributed by atoms with Gasteiger partial charge < -0.3 is 0 Å². The minimum Gasteiger partial charge on any atom is -0.268 e. The van der Waals surface area contributed by atoms with Crippen molar-refractivity contribution in [2.45, 2.75) is 12.2 Å². The third-order valence-electron chi connectivity index (χ3n) is 1.32. The van der Waals surface area contributed by atoms with E-state index in [1.165, 1.54) is 0 Å². The molecule has 1 rings (SSSR count). The lowest BCUT2D eigenvalue weighted by molar-refractivity contribution is -0.329. The van der Waals surface area contributed by atoms with Crippen LogP contribution in [0, 0.1) is 0 Å². The molecule has 8 heteroatoms. The van der Waals surface area contributed by atoms with Crippen molar-refractivity contribution in [3.05, 3.63) is 28.7 Å². The summed E-state index contributed by atoms with van der Waals surface area (Å²) in [5, 5.41) is 2.65. The molecule has 78 valence electrons. The summed E-state index contributed by atoms with van der Waals surface area (Å²) in [6.45, 7) is 0. The molecule has 0 amide bonds. The van der Waals surface area contributed by atoms with Crippen molar-refractivity contribution < 1.29 is 22.0 Å². The first kappa shape index (κ1) is 10.6. The van der Waals surface area contributed by atoms with Crippen LogP contribution in [0.4, 0.5) is 22.0 Å². The summed E-state index contributed by atoms with van der Waals surface area (Å²) in [7, 11) is 0. The van der Waals surface area contributed by atoms with E-state index in [0.717, 1.165) is 6.07 Å². The molecule has 14 heavy (non-hydrogen) atoms. The lowest BCUT2D eigenvalue weighted by atomic mass is 10.5. The lowest BCUT2D eigenvalue weighted by Crippen LogP contribution is -2.46. The van der Waals surface area contributed by atoms with Crippen LogP contribution in [0.3, 0.4) is 0 Å². The van der Waals surface area contributed by atoms with E-state index in [1.54, 1.807) is 0 Å². The topological polar surface area (TPSA) is 34.9 Å². The average molecular weight is 214 g/mol. The molecule has 0 N–H and O–H groups in total. The summed E-state index contributed by atoms with van der Waals surface area (Å²) in [4.78, 5) is 10.6. The Labute approximate surface area is 73.8 Å². The number of rotatable bonds is 1. The first-order chi connectivity index (χ1) is 6.27. The normalized spacial score (nSPS) is 12.9. The Morgan fingerprint density at radius 3 is 2.21 bits per heavy atom. The summed E-state index contributed by atoms with van der Waals surface area (Å²) < 4.78 is 59.3. The van der Waals surface area contributed by atoms with Gasteiger partial charge in [0.1, 0.15) is 0 Å². The maximum absolute atomic E-state index is 12.5. The van der Waals surface area contributed by atoms with E-state index in [4.69, 9.17) is 0 Å². The van der Waals surface area contributed by atoms with Crippen molar-refractivity contribution in [2.75, 3.05) is 0 Å². The first-order valence-electron chi connectivity index (χ1n) is 3.26. The van der Waals surface area contributed by atoms with Gasteiger partial charge in [-0.3, -0.25) is 4.79 Å². The highest BCUT2D eigenvalue weighted by Gasteiger charge is 2.60. The van der Waals surface area contributed by atoms with Gasteiger partial charge in [0, 0.05) is 12.3 Å². The van der Waals surface area contributed by atoms with E-state index in [2.05, 4.69) is 5.10 Å². The molecule has 1 heterocycles. The largest absolute Gasteiger partial charge is 0.477 e. The van der Waals surface area contributed by atoms with Gasteiger partial charge in [-0.2, -0.15) is 31.7 Å². The molecular weight excluding hydrogens is 211 g/mol. The van der Waals surface area contributed by atoms with E-state index in [-0.39, 0.29) is 0 Å². The Morgan fingerprint density at radius 1 is 1.21 bits per heavy atom. The SMILES string of the molecule is O=c1cccnn1C(F)(F)C(F)(F)F. The number of hydrogen-bond donors (Lipinski definition) is 0. The zero-order valence-electron chi connectivity index (χ0n) is 6.42. The molecule has 0 bridgehead atoms. The van der Waals surface area contributed by atoms with Gasteiger partial charge in [0.2, 0.25) is 0 Å². The average Bonchev–Trinajstić information content (AvgIpc) is 2.02. The fraction of sp³-hybridized carbons (Fsp3) is 0.333. The number of aromatic nitrogens is 2. The molecular formula is C6H3F5N2O. The third-order valence-corrected chi connectivity index (χ3v) is 1.32. The number of halogens is 5. The summed E-state index contributed by atoms with van der Waals surface area (Å²) in [6, 6.07) is -3.76. The van der Waals surface area contributed by atoms with Crippen LogP contribution >= 0.6 is 0 Å². The van der Waals surface area contributed by atoms with Crippen LogP contribution < -0.4 is 5.56 Å². The molecule has 0 unspecified atom stereocenters. The highest BCUT2D eigenvalue weighted by atomic mass is 19.4. The van der Waals surface area contributed by atoms with E-state index >= 15 is 0 Å². The van der Waals surface area contributed by atoms with Crippen LogP contribution in [-0.4, -0.2) is 16.0 Å². The van der Waals surface area contributed by atoms with E-state index in [9.17, 15) is 26.7 Å². The van der Waals surface area contributed by atoms with E-state index in [0.29, 0.717) is 12.3 Å². The highest BCUT2D eigenvalue weighted by molar-refractivity contribution is 4.88. The first-order valence-corrected chi connectivity index (χ1v) is 3.26. The molecule has 0 radical (unpaired) electrons. The monoisotopic (exact) mass is 214 g/mol. The second kappa shape index (κ2) is 3.03. The van der Waals surface area contributed by atoms with Crippen molar-refractivity contribution in [1.82, 2.24) is 9.78 Å². The van der Waals surface area contributed by atoms with Crippen molar-refractivity contribution in [1.29, 1.82) is 0 Å². The predicted octanol–water partition coefficient (Wildman–Crippen LogP) is 1.35. The molecule has 0 saturated heterocycles. The zero-order valence-corrected chi connectivity index (χ0v) is 6.42. The van der Waals surface area contributed by atoms with Gasteiger partial charge in [-0.15, -0.1) is 0 Å². The second-order valence-corrected chi connectivity index (χ2v) is 2.31. The minimum atomic E-state index is -5.84. The Hall–Kier alpha value is -1.47. The van der Waals surface area contributed by atoms with Crippen LogP contribution in [0.1, 0.15) is 0 Å². The maximum atomic E-state index is 12.5. The van der Waals surface area contributed by atoms with Gasteiger partial charge in [-0.25, -0.2) is 0 Å². The van der Waals surface area contributed by atoms with Gasteiger partial charge in [0.25, 0.3) is 5.56 Å². The van der Waals surface area contributed by atoms with Crippen molar-refractivity contribution >= 4 is 0 Å². The Kier molecular flexibility index (Phi) is 2.30. The van der Waals surface area contributed by atoms with Gasteiger partial charge in [-0.05, 0) is 6.07 Å². The van der Waals surface area contributed by atoms with Crippen molar-refractivity contribution in [3.63, 3.8) is 0 Å². The lowest BCUT2D eigenvalue weighted by Gasteiger charge is -2.19. The molecule has 0 saturated carbocycles. The predicted molar refractivity (Wildman–Crippen MR) is 34.7 cm³/mol. The molecule has 0 aromatic carbocycles. The fourth-order valence-corrected chi connectivity index (χ4v) is 0.689. The van der Waals surface area contributed by atoms with E-state index < -0.39 is 22.5 Å². The molecule has 0 aliphatic carbocycles. The Bertz CT molecular complexity index is 382. The molecule has 0 aliphatic rings. The van der Waals surface area contributed by atoms with Crippen LogP contribution in [-0.2, 0) is 6.05 Å². The van der Waals surface area contributed by atoms with Gasteiger partial charge in [0.05, 0.1) is 0 Å². The molecule has 0 aliphatic heterocycles. The molecule has 0 spiro atoms. The maximum Gasteiger partial charge on any atom is 0.477 e. The molecule has 1 aromatic heterocycles. The smallest absolute Gasteiger partial charge is 0.268 e. The van der Waals surface area contributed by atoms with Crippen LogP contribution in [0.25, 0.3) is 0 Å². The Balaban J connectivity index is 3.31. The Morgan fingerprint density at radius 2 is 1.79 bits per heavy atom. The van der Waals surface area contributed by atoms with Crippen LogP contribution in [0.5, 0.6) is 0 Å². The van der Waals surface area contributed by atoms with Gasteiger partial charge in [0.15, 0.2) is 0 Å². The number of alkyl halides is 5. The summed E-state index contributed by atoms with van der Waals surface area (Å²) >= 11 is 0. The standard InChI is InChI=1S/C6H3F5N2O/c7-5(8,9)6(10,11)13-4(14)2-1-3-12-13/h1-3H. The van der Waals surface area contributed by atoms with Gasteiger partial charge in [-0.1, -0.05) is 0 Å². The molecule has 3 nitrogen and oxygen atoms in total. The highest BCUT2D eigenvalue weighted by Crippen LogP contribution is 2.37. The summed E-state index contributed by atoms with van der Waals surface area (Å²) in [5.41, 5.74) is -1.52. The van der Waals surface area contributed by atoms with Crippen molar-refractivity contribution in [2.24, 2.45) is 0 Å². The fourth-order valence-electron chi connectivity index (χ4n) is 0.689. The quantitative estimate of drug-likeness (QED) is 0.661. The van der Waals surface area contributed by atoms with Gasteiger partial charge >= 0.3 is 12.2 Å². The summed E-state index contributed by atoms with van der Waals surface area (Å²) in [5.74, 6) is 0. The second-order valence-electron chi connectivity index (χ2n) is 2.31. The zero-order chi connectivity index (χ0) is 11.0. The molecule has 0 atom stereocenters.